The zero-order chi connectivity index (χ0) is 24.1. The van der Waals surface area contributed by atoms with Crippen LogP contribution < -0.4 is 26.6 Å². The molecule has 1 aromatic heterocycles. The number of nitro benzene ring substituents is 1. The van der Waals surface area contributed by atoms with E-state index in [2.05, 4.69) is 4.98 Å². The number of nitrogen functional groups attached to an aromatic ring is 1. The normalized spacial score (nSPS) is 10.6. The van der Waals surface area contributed by atoms with Crippen LogP contribution in [0.5, 0.6) is 5.75 Å². The average Bonchev–Trinajstić information content (AvgIpc) is 2.78. The maximum absolute atomic E-state index is 13.5. The number of hydrogen-bond acceptors (Lipinski definition) is 7. The molecule has 0 aliphatic rings. The van der Waals surface area contributed by atoms with E-state index in [-0.39, 0.29) is 24.6 Å². The Morgan fingerprint density at radius 3 is 2.58 bits per heavy atom. The molecule has 0 aliphatic heterocycles. The second-order valence-corrected chi connectivity index (χ2v) is 6.86. The maximum atomic E-state index is 13.5. The second-order valence-electron chi connectivity index (χ2n) is 6.86. The quantitative estimate of drug-likeness (QED) is 0.385. The smallest absolute Gasteiger partial charge is 0.330 e. The predicted octanol–water partition coefficient (Wildman–Crippen LogP) is 1.65. The lowest BCUT2D eigenvalue weighted by Crippen LogP contribution is -2.42. The average molecular weight is 457 g/mol. The van der Waals surface area contributed by atoms with Gasteiger partial charge in [0.2, 0.25) is 5.75 Å². The molecule has 0 bridgehead atoms. The number of nitro groups is 1. The molecule has 3 N–H and O–H groups in total. The van der Waals surface area contributed by atoms with Crippen molar-refractivity contribution >= 4 is 23.1 Å². The molecule has 3 aromatic rings. The van der Waals surface area contributed by atoms with E-state index in [1.807, 2.05) is 0 Å². The first-order valence-electron chi connectivity index (χ1n) is 9.76. The van der Waals surface area contributed by atoms with E-state index in [0.717, 1.165) is 33.2 Å². The lowest BCUT2D eigenvalue weighted by Gasteiger charge is -2.23. The molecule has 1 heterocycles. The first kappa shape index (κ1) is 23.2. The van der Waals surface area contributed by atoms with Crippen molar-refractivity contribution in [2.45, 2.75) is 13.5 Å². The number of hydrogen-bond donors (Lipinski definition) is 2. The van der Waals surface area contributed by atoms with Gasteiger partial charge in [-0.3, -0.25) is 29.3 Å². The summed E-state index contributed by atoms with van der Waals surface area (Å²) in [5.41, 5.74) is 4.42. The van der Waals surface area contributed by atoms with Gasteiger partial charge in [-0.2, -0.15) is 0 Å². The van der Waals surface area contributed by atoms with Crippen LogP contribution in [-0.4, -0.2) is 33.5 Å². The van der Waals surface area contributed by atoms with Gasteiger partial charge >= 0.3 is 11.4 Å². The van der Waals surface area contributed by atoms with Crippen LogP contribution in [-0.2, 0) is 11.3 Å². The Morgan fingerprint density at radius 2 is 1.94 bits per heavy atom. The Labute approximate surface area is 186 Å². The fourth-order valence-corrected chi connectivity index (χ4v) is 3.19. The number of likely N-dealkylation sites (N-methyl/N-ethyl adjacent to an activating group) is 1. The Bertz CT molecular complexity index is 1300. The van der Waals surface area contributed by atoms with Crippen molar-refractivity contribution in [1.82, 2.24) is 9.55 Å². The van der Waals surface area contributed by atoms with E-state index in [9.17, 15) is 28.9 Å². The summed E-state index contributed by atoms with van der Waals surface area (Å²) in [4.78, 5) is 51.1. The molecule has 0 aliphatic carbocycles. The highest BCUT2D eigenvalue weighted by Crippen LogP contribution is 2.27. The van der Waals surface area contributed by atoms with Gasteiger partial charge in [-0.1, -0.05) is 30.3 Å². The number of carbonyl (C=O) groups is 1. The number of H-pyrrole nitrogens is 1. The number of nitrogens with zero attached hydrogens (tertiary/aromatic N) is 3. The minimum Gasteiger partial charge on any atom is -0.477 e. The van der Waals surface area contributed by atoms with Crippen LogP contribution in [0.3, 0.4) is 0 Å². The lowest BCUT2D eigenvalue weighted by molar-refractivity contribution is -0.385. The number of aromatic amines is 1. The molecule has 12 heteroatoms. The monoisotopic (exact) mass is 457 g/mol. The number of halogens is 1. The fraction of sp³-hybridized carbons (Fsp3) is 0.190. The molecule has 0 atom stereocenters. The number of nitrogens with one attached hydrogen (secondary N) is 1. The Balaban J connectivity index is 1.91. The molecule has 0 saturated heterocycles. The lowest BCUT2D eigenvalue weighted by atomic mass is 10.2. The molecule has 11 nitrogen and oxygen atoms in total. The Hall–Kier alpha value is -4.48. The van der Waals surface area contributed by atoms with Crippen LogP contribution in [0.4, 0.5) is 21.6 Å². The van der Waals surface area contributed by atoms with E-state index in [4.69, 9.17) is 10.5 Å². The summed E-state index contributed by atoms with van der Waals surface area (Å²) in [6, 6.07) is 11.5. The van der Waals surface area contributed by atoms with Crippen molar-refractivity contribution in [1.29, 1.82) is 0 Å². The standard InChI is InChI=1S/C21H20FN5O6/c1-2-25(17(28)12-33-16-10-14(22)8-9-15(16)27(31)32)18-19(23)26(21(30)24-20(18)29)11-13-6-4-3-5-7-13/h3-10H,2,11-12,23H2,1H3,(H,24,29,30). The third kappa shape index (κ3) is 5.06. The highest BCUT2D eigenvalue weighted by molar-refractivity contribution is 5.96. The first-order valence-corrected chi connectivity index (χ1v) is 9.76. The molecule has 0 fully saturated rings. The number of carbonyl (C=O) groups excluding carboxylic acids is 1. The number of anilines is 2. The Morgan fingerprint density at radius 1 is 1.24 bits per heavy atom. The number of aromatic nitrogens is 2. The minimum atomic E-state index is -0.881. The molecule has 3 rings (SSSR count). The van der Waals surface area contributed by atoms with Gasteiger partial charge in [-0.25, -0.2) is 9.18 Å². The summed E-state index contributed by atoms with van der Waals surface area (Å²) in [6.45, 7) is 0.847. The van der Waals surface area contributed by atoms with Crippen LogP contribution in [0.15, 0.2) is 58.1 Å². The van der Waals surface area contributed by atoms with Crippen LogP contribution >= 0.6 is 0 Å². The molecule has 0 unspecified atom stereocenters. The summed E-state index contributed by atoms with van der Waals surface area (Å²) >= 11 is 0. The van der Waals surface area contributed by atoms with Gasteiger partial charge < -0.3 is 15.4 Å². The number of amides is 1. The molecule has 33 heavy (non-hydrogen) atoms. The summed E-state index contributed by atoms with van der Waals surface area (Å²) in [7, 11) is 0. The van der Waals surface area contributed by atoms with E-state index in [1.165, 1.54) is 0 Å². The molecule has 172 valence electrons. The van der Waals surface area contributed by atoms with Crippen molar-refractivity contribution in [3.63, 3.8) is 0 Å². The van der Waals surface area contributed by atoms with Crippen molar-refractivity contribution in [2.24, 2.45) is 0 Å². The van der Waals surface area contributed by atoms with E-state index in [1.54, 1.807) is 37.3 Å². The van der Waals surface area contributed by atoms with E-state index in [0.29, 0.717) is 0 Å². The van der Waals surface area contributed by atoms with Gasteiger partial charge in [0.1, 0.15) is 11.6 Å². The fourth-order valence-electron chi connectivity index (χ4n) is 3.19. The summed E-state index contributed by atoms with van der Waals surface area (Å²) in [6.07, 6.45) is 0. The van der Waals surface area contributed by atoms with Crippen LogP contribution in [0.25, 0.3) is 0 Å². The number of benzene rings is 2. The highest BCUT2D eigenvalue weighted by Gasteiger charge is 2.25. The van der Waals surface area contributed by atoms with Crippen molar-refractivity contribution in [3.05, 3.63) is 90.9 Å². The second kappa shape index (κ2) is 9.77. The number of ether oxygens (including phenoxy) is 1. The van der Waals surface area contributed by atoms with Gasteiger partial charge in [0, 0.05) is 18.7 Å². The molecule has 0 saturated carbocycles. The largest absolute Gasteiger partial charge is 0.477 e. The van der Waals surface area contributed by atoms with E-state index < -0.39 is 45.9 Å². The minimum absolute atomic E-state index is 0.0236. The topological polar surface area (TPSA) is 154 Å². The van der Waals surface area contributed by atoms with Crippen molar-refractivity contribution in [2.75, 3.05) is 23.8 Å². The molecule has 1 amide bonds. The molecular weight excluding hydrogens is 437 g/mol. The number of nitrogens with two attached hydrogens (primary N) is 1. The predicted molar refractivity (Wildman–Crippen MR) is 118 cm³/mol. The summed E-state index contributed by atoms with van der Waals surface area (Å²) in [5, 5.41) is 11.1. The van der Waals surface area contributed by atoms with Crippen molar-refractivity contribution in [3.8, 4) is 5.75 Å². The molecule has 0 radical (unpaired) electrons. The van der Waals surface area contributed by atoms with Crippen molar-refractivity contribution < 1.29 is 18.8 Å². The van der Waals surface area contributed by atoms with Gasteiger partial charge in [0.05, 0.1) is 11.5 Å². The highest BCUT2D eigenvalue weighted by atomic mass is 19.1. The number of rotatable bonds is 8. The zero-order valence-corrected chi connectivity index (χ0v) is 17.5. The summed E-state index contributed by atoms with van der Waals surface area (Å²) in [5.74, 6) is -2.25. The van der Waals surface area contributed by atoms with Gasteiger partial charge in [-0.05, 0) is 18.6 Å². The third-order valence-corrected chi connectivity index (χ3v) is 4.75. The Kier molecular flexibility index (Phi) is 6.86. The van der Waals surface area contributed by atoms with Gasteiger partial charge in [0.15, 0.2) is 12.3 Å². The molecule has 2 aromatic carbocycles. The van der Waals surface area contributed by atoms with Crippen LogP contribution in [0, 0.1) is 15.9 Å². The van der Waals surface area contributed by atoms with Gasteiger partial charge in [-0.15, -0.1) is 0 Å². The maximum Gasteiger partial charge on any atom is 0.330 e. The molecular formula is C21H20FN5O6. The zero-order valence-electron chi connectivity index (χ0n) is 17.5. The van der Waals surface area contributed by atoms with Crippen LogP contribution in [0.1, 0.15) is 12.5 Å². The van der Waals surface area contributed by atoms with Crippen LogP contribution in [0.2, 0.25) is 0 Å². The third-order valence-electron chi connectivity index (χ3n) is 4.75. The first-order chi connectivity index (χ1) is 15.7. The van der Waals surface area contributed by atoms with E-state index >= 15 is 0 Å². The molecule has 0 spiro atoms. The van der Waals surface area contributed by atoms with Gasteiger partial charge in [0.25, 0.3) is 11.5 Å². The summed E-state index contributed by atoms with van der Waals surface area (Å²) < 4.78 is 19.8. The SMILES string of the molecule is CCN(C(=O)COc1cc(F)ccc1[N+](=O)[O-])c1c(N)n(Cc2ccccc2)c(=O)[nH]c1=O.